The molecule has 7 nitrogen and oxygen atoms in total. The lowest BCUT2D eigenvalue weighted by Gasteiger charge is -2.25. The van der Waals surface area contributed by atoms with E-state index >= 15 is 0 Å². The molecule has 2 aromatic carbocycles. The van der Waals surface area contributed by atoms with Gasteiger partial charge >= 0.3 is 0 Å². The van der Waals surface area contributed by atoms with Gasteiger partial charge in [-0.1, -0.05) is 44.5 Å². The van der Waals surface area contributed by atoms with Gasteiger partial charge in [-0.3, -0.25) is 14.4 Å². The molecular formula is C28H33N3O4S. The number of carbonyl (C=O) groups is 3. The molecule has 0 aliphatic rings. The van der Waals surface area contributed by atoms with Gasteiger partial charge in [0.2, 0.25) is 0 Å². The van der Waals surface area contributed by atoms with E-state index in [4.69, 9.17) is 4.74 Å². The van der Waals surface area contributed by atoms with Crippen LogP contribution in [0.1, 0.15) is 58.9 Å². The van der Waals surface area contributed by atoms with Crippen LogP contribution in [0.25, 0.3) is 0 Å². The molecule has 1 aromatic heterocycles. The van der Waals surface area contributed by atoms with Crippen LogP contribution < -0.4 is 20.7 Å². The molecule has 0 fully saturated rings. The van der Waals surface area contributed by atoms with E-state index in [2.05, 4.69) is 42.8 Å². The molecule has 8 heteroatoms. The van der Waals surface area contributed by atoms with Crippen molar-refractivity contribution in [1.29, 1.82) is 0 Å². The molecule has 3 aromatic rings. The minimum absolute atomic E-state index is 0.121. The van der Waals surface area contributed by atoms with Gasteiger partial charge in [-0.25, -0.2) is 0 Å². The molecule has 0 radical (unpaired) electrons. The van der Waals surface area contributed by atoms with Crippen molar-refractivity contribution >= 4 is 34.7 Å². The van der Waals surface area contributed by atoms with Gasteiger partial charge in [0.1, 0.15) is 5.75 Å². The smallest absolute Gasteiger partial charge is 0.265 e. The van der Waals surface area contributed by atoms with Crippen LogP contribution in [-0.2, 0) is 10.2 Å². The molecule has 0 saturated carbocycles. The van der Waals surface area contributed by atoms with Crippen molar-refractivity contribution < 1.29 is 19.1 Å². The van der Waals surface area contributed by atoms with Crippen LogP contribution in [0.4, 0.5) is 5.69 Å². The summed E-state index contributed by atoms with van der Waals surface area (Å²) in [6, 6.07) is 16.1. The van der Waals surface area contributed by atoms with Crippen molar-refractivity contribution in [3.63, 3.8) is 0 Å². The minimum Gasteiger partial charge on any atom is -0.481 e. The fourth-order valence-corrected chi connectivity index (χ4v) is 4.11. The van der Waals surface area contributed by atoms with Gasteiger partial charge in [0.25, 0.3) is 17.7 Å². The molecule has 1 heterocycles. The molecule has 3 N–H and O–H groups in total. The Kier molecular flexibility index (Phi) is 8.88. The zero-order chi connectivity index (χ0) is 26.3. The molecule has 1 atom stereocenters. The lowest BCUT2D eigenvalue weighted by Crippen LogP contribution is -2.34. The van der Waals surface area contributed by atoms with E-state index in [1.54, 1.807) is 37.3 Å². The summed E-state index contributed by atoms with van der Waals surface area (Å²) in [6.45, 7) is 10.7. The highest BCUT2D eigenvalue weighted by molar-refractivity contribution is 7.12. The first-order valence-corrected chi connectivity index (χ1v) is 12.7. The van der Waals surface area contributed by atoms with Gasteiger partial charge in [0.05, 0.1) is 4.88 Å². The van der Waals surface area contributed by atoms with Gasteiger partial charge < -0.3 is 20.7 Å². The van der Waals surface area contributed by atoms with Crippen molar-refractivity contribution in [3.8, 4) is 5.75 Å². The zero-order valence-electron chi connectivity index (χ0n) is 21.3. The Bertz CT molecular complexity index is 1200. The van der Waals surface area contributed by atoms with E-state index in [0.29, 0.717) is 35.0 Å². The van der Waals surface area contributed by atoms with E-state index < -0.39 is 6.10 Å². The minimum atomic E-state index is -0.707. The van der Waals surface area contributed by atoms with Crippen LogP contribution in [0, 0.1) is 6.92 Å². The number of hydrogen-bond acceptors (Lipinski definition) is 5. The highest BCUT2D eigenvalue weighted by Crippen LogP contribution is 2.32. The maximum absolute atomic E-state index is 12.7. The molecular weight excluding hydrogens is 474 g/mol. The Morgan fingerprint density at radius 3 is 2.22 bits per heavy atom. The third-order valence-electron chi connectivity index (χ3n) is 5.47. The average molecular weight is 508 g/mol. The molecule has 0 aliphatic heterocycles. The van der Waals surface area contributed by atoms with Gasteiger partial charge in [-0.05, 0) is 66.6 Å². The quantitative estimate of drug-likeness (QED) is 0.358. The summed E-state index contributed by atoms with van der Waals surface area (Å²) >= 11 is 1.36. The Balaban J connectivity index is 1.49. The normalized spacial score (nSPS) is 11.9. The first-order chi connectivity index (χ1) is 17.0. The molecule has 3 rings (SSSR count). The van der Waals surface area contributed by atoms with Crippen LogP contribution >= 0.6 is 11.3 Å². The van der Waals surface area contributed by atoms with Crippen LogP contribution in [0.15, 0.2) is 60.0 Å². The summed E-state index contributed by atoms with van der Waals surface area (Å²) in [7, 11) is 0. The van der Waals surface area contributed by atoms with Crippen LogP contribution in [0.2, 0.25) is 0 Å². The largest absolute Gasteiger partial charge is 0.481 e. The number of rotatable bonds is 9. The predicted octanol–water partition coefficient (Wildman–Crippen LogP) is 4.92. The van der Waals surface area contributed by atoms with Crippen LogP contribution in [0.3, 0.4) is 0 Å². The second-order valence-corrected chi connectivity index (χ2v) is 10.5. The molecule has 0 aliphatic carbocycles. The first kappa shape index (κ1) is 26.9. The topological polar surface area (TPSA) is 96.5 Å². The van der Waals surface area contributed by atoms with Gasteiger partial charge in [0, 0.05) is 24.3 Å². The highest BCUT2D eigenvalue weighted by atomic mass is 32.1. The Labute approximate surface area is 216 Å². The van der Waals surface area contributed by atoms with E-state index in [1.165, 1.54) is 11.3 Å². The predicted molar refractivity (Wildman–Crippen MR) is 144 cm³/mol. The lowest BCUT2D eigenvalue weighted by molar-refractivity contribution is -0.122. The summed E-state index contributed by atoms with van der Waals surface area (Å²) < 4.78 is 6.01. The van der Waals surface area contributed by atoms with Crippen molar-refractivity contribution in [1.82, 2.24) is 10.6 Å². The monoisotopic (exact) mass is 507 g/mol. The summed E-state index contributed by atoms with van der Waals surface area (Å²) in [5, 5.41) is 10.2. The molecule has 0 bridgehead atoms. The van der Waals surface area contributed by atoms with Gasteiger partial charge in [0.15, 0.2) is 6.10 Å². The number of benzene rings is 2. The van der Waals surface area contributed by atoms with Crippen molar-refractivity contribution in [2.45, 2.75) is 46.1 Å². The number of amides is 3. The van der Waals surface area contributed by atoms with Crippen molar-refractivity contribution in [2.24, 2.45) is 0 Å². The van der Waals surface area contributed by atoms with E-state index in [0.717, 1.165) is 11.1 Å². The standard InChI is InChI=1S/C28H33N3O4S/c1-18-8-13-23(22(17-18)28(3,4)5)35-19(2)25(32)31-21-11-9-20(10-12-21)26(33)29-14-15-30-27(34)24-7-6-16-36-24/h6-13,16-17,19H,14-15H2,1-5H3,(H,29,33)(H,30,34)(H,31,32). The fourth-order valence-electron chi connectivity index (χ4n) is 3.47. The molecule has 36 heavy (non-hydrogen) atoms. The van der Waals surface area contributed by atoms with Crippen LogP contribution in [0.5, 0.6) is 5.75 Å². The number of aryl methyl sites for hydroxylation is 1. The second kappa shape index (κ2) is 11.9. The third-order valence-corrected chi connectivity index (χ3v) is 6.34. The average Bonchev–Trinajstić information content (AvgIpc) is 3.37. The second-order valence-electron chi connectivity index (χ2n) is 9.57. The number of anilines is 1. The number of ether oxygens (including phenoxy) is 1. The Hall–Kier alpha value is -3.65. The lowest BCUT2D eigenvalue weighted by atomic mass is 9.85. The SMILES string of the molecule is Cc1ccc(OC(C)C(=O)Nc2ccc(C(=O)NCCNC(=O)c3cccs3)cc2)c(C(C)(C)C)c1. The Morgan fingerprint density at radius 2 is 1.61 bits per heavy atom. The van der Waals surface area contributed by atoms with Crippen molar-refractivity contribution in [3.05, 3.63) is 81.5 Å². The maximum Gasteiger partial charge on any atom is 0.265 e. The Morgan fingerprint density at radius 1 is 0.944 bits per heavy atom. The highest BCUT2D eigenvalue weighted by Gasteiger charge is 2.22. The van der Waals surface area contributed by atoms with E-state index in [-0.39, 0.29) is 23.1 Å². The summed E-state index contributed by atoms with van der Waals surface area (Å²) in [4.78, 5) is 37.6. The first-order valence-electron chi connectivity index (χ1n) is 11.8. The molecule has 190 valence electrons. The number of hydrogen-bond donors (Lipinski definition) is 3. The summed E-state index contributed by atoms with van der Waals surface area (Å²) in [5.74, 6) is -0.0120. The van der Waals surface area contributed by atoms with Gasteiger partial charge in [-0.2, -0.15) is 0 Å². The fraction of sp³-hybridized carbons (Fsp3) is 0.321. The van der Waals surface area contributed by atoms with Crippen LogP contribution in [-0.4, -0.2) is 36.9 Å². The van der Waals surface area contributed by atoms with Crippen molar-refractivity contribution in [2.75, 3.05) is 18.4 Å². The molecule has 3 amide bonds. The number of carbonyl (C=O) groups excluding carboxylic acids is 3. The summed E-state index contributed by atoms with van der Waals surface area (Å²) in [5.41, 5.74) is 3.08. The number of nitrogens with one attached hydrogen (secondary N) is 3. The summed E-state index contributed by atoms with van der Waals surface area (Å²) in [6.07, 6.45) is -0.707. The third kappa shape index (κ3) is 7.42. The van der Waals surface area contributed by atoms with E-state index in [1.807, 2.05) is 30.5 Å². The van der Waals surface area contributed by atoms with E-state index in [9.17, 15) is 14.4 Å². The maximum atomic E-state index is 12.7. The molecule has 1 unspecified atom stereocenters. The van der Waals surface area contributed by atoms with Gasteiger partial charge in [-0.15, -0.1) is 11.3 Å². The molecule has 0 saturated heterocycles. The zero-order valence-corrected chi connectivity index (χ0v) is 22.1. The number of thiophene rings is 1. The molecule has 0 spiro atoms.